The fraction of sp³-hybridized carbons (Fsp3) is 0.643. The van der Waals surface area contributed by atoms with Gasteiger partial charge in [-0.1, -0.05) is 0 Å². The largest absolute Gasteiger partial charge is 0.444 e. The lowest BCUT2D eigenvalue weighted by molar-refractivity contribution is 0.0291. The van der Waals surface area contributed by atoms with Gasteiger partial charge in [0.1, 0.15) is 5.60 Å². The molecule has 21 heavy (non-hydrogen) atoms. The summed E-state index contributed by atoms with van der Waals surface area (Å²) in [6.45, 7) is 7.57. The Morgan fingerprint density at radius 1 is 1.57 bits per heavy atom. The molecule has 1 aliphatic heterocycles. The van der Waals surface area contributed by atoms with Crippen molar-refractivity contribution < 1.29 is 9.53 Å². The summed E-state index contributed by atoms with van der Waals surface area (Å²) < 4.78 is 5.37. The zero-order valence-corrected chi connectivity index (χ0v) is 13.4. The first-order chi connectivity index (χ1) is 9.83. The van der Waals surface area contributed by atoms with Crippen LogP contribution in [0.5, 0.6) is 0 Å². The highest BCUT2D eigenvalue weighted by Gasteiger charge is 2.29. The Morgan fingerprint density at radius 2 is 2.33 bits per heavy atom. The third-order valence-corrected chi connectivity index (χ3v) is 3.28. The molecule has 0 bridgehead atoms. The number of nitrogens with one attached hydrogen (secondary N) is 1. The summed E-state index contributed by atoms with van der Waals surface area (Å²) in [5, 5.41) is 3.62. The van der Waals surface area contributed by atoms with E-state index in [4.69, 9.17) is 16.3 Å². The summed E-state index contributed by atoms with van der Waals surface area (Å²) in [6, 6.07) is 2.06. The maximum Gasteiger partial charge on any atom is 0.410 e. The average Bonchev–Trinajstić information content (AvgIpc) is 2.83. The minimum atomic E-state index is -0.458. The highest BCUT2D eigenvalue weighted by molar-refractivity contribution is 6.28. The molecule has 1 aromatic heterocycles. The maximum absolute atomic E-state index is 12.0. The Hall–Kier alpha value is -1.40. The summed E-state index contributed by atoms with van der Waals surface area (Å²) in [5.41, 5.74) is 0.381. The number of rotatable bonds is 3. The van der Waals surface area contributed by atoms with Crippen molar-refractivity contribution in [3.63, 3.8) is 0 Å². The van der Waals surface area contributed by atoms with Crippen LogP contribution in [0.3, 0.4) is 0 Å². The quantitative estimate of drug-likeness (QED) is 0.867. The lowest BCUT2D eigenvalue weighted by Crippen LogP contribution is -2.38. The van der Waals surface area contributed by atoms with Crippen molar-refractivity contribution in [1.82, 2.24) is 20.2 Å². The summed E-state index contributed by atoms with van der Waals surface area (Å²) in [7, 11) is 0. The summed E-state index contributed by atoms with van der Waals surface area (Å²) in [6.07, 6.45) is 2.28. The zero-order chi connectivity index (χ0) is 15.5. The predicted molar refractivity (Wildman–Crippen MR) is 80.1 cm³/mol. The third kappa shape index (κ3) is 5.13. The number of halogens is 1. The van der Waals surface area contributed by atoms with Gasteiger partial charge in [-0.15, -0.1) is 0 Å². The molecule has 1 fully saturated rings. The highest BCUT2D eigenvalue weighted by atomic mass is 35.5. The van der Waals surface area contributed by atoms with Gasteiger partial charge in [-0.25, -0.2) is 14.8 Å². The molecule has 6 nitrogen and oxygen atoms in total. The van der Waals surface area contributed by atoms with Crippen LogP contribution in [0, 0.1) is 0 Å². The maximum atomic E-state index is 12.0. The van der Waals surface area contributed by atoms with E-state index >= 15 is 0 Å². The van der Waals surface area contributed by atoms with Gasteiger partial charge in [0.05, 0.1) is 5.69 Å². The van der Waals surface area contributed by atoms with E-state index in [1.54, 1.807) is 11.1 Å². The number of aromatic nitrogens is 2. The minimum Gasteiger partial charge on any atom is -0.444 e. The third-order valence-electron chi connectivity index (χ3n) is 3.10. The van der Waals surface area contributed by atoms with Crippen LogP contribution in [-0.4, -0.2) is 45.7 Å². The number of carbonyl (C=O) groups is 1. The number of hydrogen-bond donors (Lipinski definition) is 1. The second-order valence-corrected chi connectivity index (χ2v) is 6.45. The number of amides is 1. The molecule has 116 valence electrons. The van der Waals surface area contributed by atoms with Gasteiger partial charge >= 0.3 is 6.09 Å². The van der Waals surface area contributed by atoms with E-state index < -0.39 is 5.60 Å². The second-order valence-electron chi connectivity index (χ2n) is 6.11. The van der Waals surface area contributed by atoms with Crippen LogP contribution in [0.25, 0.3) is 0 Å². The number of carbonyl (C=O) groups excluding carboxylic acids is 1. The average molecular weight is 313 g/mol. The van der Waals surface area contributed by atoms with Crippen molar-refractivity contribution in [2.24, 2.45) is 0 Å². The van der Waals surface area contributed by atoms with Crippen molar-refractivity contribution in [1.29, 1.82) is 0 Å². The number of ether oxygens (including phenoxy) is 1. The van der Waals surface area contributed by atoms with Gasteiger partial charge in [0, 0.05) is 31.9 Å². The van der Waals surface area contributed by atoms with Gasteiger partial charge in [0.2, 0.25) is 5.28 Å². The fourth-order valence-corrected chi connectivity index (χ4v) is 2.30. The number of likely N-dealkylation sites (tertiary alicyclic amines) is 1. The lowest BCUT2D eigenvalue weighted by atomic mass is 10.2. The van der Waals surface area contributed by atoms with Crippen LogP contribution in [0.1, 0.15) is 32.9 Å². The summed E-state index contributed by atoms with van der Waals surface area (Å²) >= 11 is 5.75. The van der Waals surface area contributed by atoms with Gasteiger partial charge in [0.15, 0.2) is 0 Å². The van der Waals surface area contributed by atoms with Gasteiger partial charge in [-0.05, 0) is 44.9 Å². The molecule has 0 saturated carbocycles. The molecule has 1 aliphatic rings. The van der Waals surface area contributed by atoms with E-state index in [-0.39, 0.29) is 17.4 Å². The van der Waals surface area contributed by atoms with E-state index in [9.17, 15) is 4.79 Å². The smallest absolute Gasteiger partial charge is 0.410 e. The van der Waals surface area contributed by atoms with Crippen molar-refractivity contribution in [2.75, 3.05) is 13.1 Å². The summed E-state index contributed by atoms with van der Waals surface area (Å²) in [5.74, 6) is 0. The standard InChI is InChI=1S/C14H21ClN4O2/c1-14(2,3)21-13(20)19-7-5-11(9-19)17-8-10-4-6-16-12(15)18-10/h4,6,11,17H,5,7-9H2,1-3H3/t11-/m1/s1. The Balaban J connectivity index is 1.79. The Kier molecular flexibility index (Phi) is 5.00. The predicted octanol–water partition coefficient (Wildman–Crippen LogP) is 2.23. The van der Waals surface area contributed by atoms with Crippen molar-refractivity contribution in [2.45, 2.75) is 45.4 Å². The molecule has 7 heteroatoms. The molecule has 0 radical (unpaired) electrons. The second kappa shape index (κ2) is 6.58. The van der Waals surface area contributed by atoms with E-state index in [1.165, 1.54) is 0 Å². The van der Waals surface area contributed by atoms with Crippen LogP contribution in [0.2, 0.25) is 5.28 Å². The van der Waals surface area contributed by atoms with Gasteiger partial charge in [0.25, 0.3) is 0 Å². The van der Waals surface area contributed by atoms with Gasteiger partial charge in [-0.2, -0.15) is 0 Å². The van der Waals surface area contributed by atoms with Crippen LogP contribution >= 0.6 is 11.6 Å². The van der Waals surface area contributed by atoms with Crippen LogP contribution in [0.15, 0.2) is 12.3 Å². The van der Waals surface area contributed by atoms with Crippen molar-refractivity contribution in [3.05, 3.63) is 23.2 Å². The molecule has 0 aliphatic carbocycles. The van der Waals surface area contributed by atoms with E-state index in [0.717, 1.165) is 12.1 Å². The normalized spacial score (nSPS) is 18.9. The molecule has 0 unspecified atom stereocenters. The minimum absolute atomic E-state index is 0.242. The van der Waals surface area contributed by atoms with E-state index in [1.807, 2.05) is 26.8 Å². The van der Waals surface area contributed by atoms with Crippen LogP contribution in [-0.2, 0) is 11.3 Å². The first kappa shape index (κ1) is 16.0. The molecular formula is C14H21ClN4O2. The molecule has 0 aromatic carbocycles. The Morgan fingerprint density at radius 3 is 3.00 bits per heavy atom. The molecule has 1 N–H and O–H groups in total. The molecule has 1 amide bonds. The van der Waals surface area contributed by atoms with Crippen molar-refractivity contribution in [3.8, 4) is 0 Å². The van der Waals surface area contributed by atoms with Crippen molar-refractivity contribution >= 4 is 17.7 Å². The number of nitrogens with zero attached hydrogens (tertiary/aromatic N) is 3. The molecule has 1 aromatic rings. The highest BCUT2D eigenvalue weighted by Crippen LogP contribution is 2.15. The first-order valence-electron chi connectivity index (χ1n) is 7.02. The van der Waals surface area contributed by atoms with E-state index in [2.05, 4.69) is 15.3 Å². The Labute approximate surface area is 129 Å². The molecular weight excluding hydrogens is 292 g/mol. The van der Waals surface area contributed by atoms with Crippen LogP contribution in [0.4, 0.5) is 4.79 Å². The summed E-state index contributed by atoms with van der Waals surface area (Å²) in [4.78, 5) is 21.7. The SMILES string of the molecule is CC(C)(C)OC(=O)N1CC[C@@H](NCc2ccnc(Cl)n2)C1. The topological polar surface area (TPSA) is 67.3 Å². The molecule has 0 spiro atoms. The zero-order valence-electron chi connectivity index (χ0n) is 12.6. The van der Waals surface area contributed by atoms with E-state index in [0.29, 0.717) is 19.6 Å². The lowest BCUT2D eigenvalue weighted by Gasteiger charge is -2.24. The van der Waals surface area contributed by atoms with Gasteiger partial charge in [-0.3, -0.25) is 0 Å². The number of hydrogen-bond acceptors (Lipinski definition) is 5. The van der Waals surface area contributed by atoms with Crippen LogP contribution < -0.4 is 5.32 Å². The first-order valence-corrected chi connectivity index (χ1v) is 7.40. The monoisotopic (exact) mass is 312 g/mol. The molecule has 2 rings (SSSR count). The molecule has 1 saturated heterocycles. The Bertz CT molecular complexity index is 504. The molecule has 1 atom stereocenters. The fourth-order valence-electron chi connectivity index (χ4n) is 2.14. The molecule has 2 heterocycles. The van der Waals surface area contributed by atoms with Gasteiger partial charge < -0.3 is 15.0 Å².